The molecule has 2 rings (SSSR count). The highest BCUT2D eigenvalue weighted by molar-refractivity contribution is 8.00. The van der Waals surface area contributed by atoms with Gasteiger partial charge in [-0.05, 0) is 51.2 Å². The van der Waals surface area contributed by atoms with Crippen molar-refractivity contribution in [3.05, 3.63) is 29.3 Å². The van der Waals surface area contributed by atoms with E-state index >= 15 is 0 Å². The molecule has 1 aliphatic carbocycles. The number of benzene rings is 1. The van der Waals surface area contributed by atoms with Crippen molar-refractivity contribution in [3.63, 3.8) is 0 Å². The second kappa shape index (κ2) is 7.68. The minimum absolute atomic E-state index is 0.177. The van der Waals surface area contributed by atoms with E-state index in [1.54, 1.807) is 0 Å². The molecule has 1 N–H and O–H groups in total. The normalized spacial score (nSPS) is 15.2. The summed E-state index contributed by atoms with van der Waals surface area (Å²) in [6.07, 6.45) is 2.35. The molecule has 0 saturated heterocycles. The molecule has 1 fully saturated rings. The topological polar surface area (TPSA) is 55.4 Å². The van der Waals surface area contributed by atoms with Crippen molar-refractivity contribution >= 4 is 23.6 Å². The summed E-state index contributed by atoms with van der Waals surface area (Å²) in [7, 11) is 0. The Bertz CT molecular complexity index is 555. The predicted molar refractivity (Wildman–Crippen MR) is 87.9 cm³/mol. The number of rotatable bonds is 7. The fourth-order valence-corrected chi connectivity index (χ4v) is 3.10. The molecule has 0 heterocycles. The summed E-state index contributed by atoms with van der Waals surface area (Å²) in [4.78, 5) is 24.4. The lowest BCUT2D eigenvalue weighted by molar-refractivity contribution is -0.146. The Morgan fingerprint density at radius 3 is 2.73 bits per heavy atom. The van der Waals surface area contributed by atoms with Gasteiger partial charge in [0, 0.05) is 10.9 Å². The molecule has 1 saturated carbocycles. The van der Waals surface area contributed by atoms with Crippen LogP contribution in [0.4, 0.5) is 0 Å². The zero-order chi connectivity index (χ0) is 16.1. The molecular formula is C17H23NO3S. The second-order valence-corrected chi connectivity index (χ2v) is 6.93. The van der Waals surface area contributed by atoms with Gasteiger partial charge in [-0.1, -0.05) is 17.7 Å². The van der Waals surface area contributed by atoms with Crippen LogP contribution in [-0.4, -0.2) is 30.3 Å². The third-order valence-electron chi connectivity index (χ3n) is 3.76. The lowest BCUT2D eigenvalue weighted by atomic mass is 10.2. The highest BCUT2D eigenvalue weighted by Crippen LogP contribution is 2.32. The average molecular weight is 321 g/mol. The van der Waals surface area contributed by atoms with Crippen molar-refractivity contribution in [1.82, 2.24) is 5.32 Å². The number of aryl methyl sites for hydroxylation is 2. The van der Waals surface area contributed by atoms with Crippen LogP contribution in [0.15, 0.2) is 23.1 Å². The summed E-state index contributed by atoms with van der Waals surface area (Å²) in [6.45, 7) is 5.86. The zero-order valence-corrected chi connectivity index (χ0v) is 14.2. The van der Waals surface area contributed by atoms with Gasteiger partial charge in [0.2, 0.25) is 0 Å². The SMILES string of the molecule is Cc1ccc(SCC(=O)OCC(=O)N[C@H](C)C2CC2)c(C)c1. The van der Waals surface area contributed by atoms with Gasteiger partial charge in [0.05, 0.1) is 5.75 Å². The number of carbonyl (C=O) groups excluding carboxylic acids is 2. The van der Waals surface area contributed by atoms with E-state index in [0.717, 1.165) is 10.5 Å². The molecule has 120 valence electrons. The molecule has 0 spiro atoms. The molecule has 1 atom stereocenters. The molecule has 4 nitrogen and oxygen atoms in total. The average Bonchev–Trinajstić information content (AvgIpc) is 3.28. The van der Waals surface area contributed by atoms with Gasteiger partial charge in [0.15, 0.2) is 6.61 Å². The molecule has 1 aromatic rings. The predicted octanol–water partition coefficient (Wildman–Crippen LogP) is 2.85. The van der Waals surface area contributed by atoms with Crippen LogP contribution >= 0.6 is 11.8 Å². The Labute approximate surface area is 136 Å². The zero-order valence-electron chi connectivity index (χ0n) is 13.3. The molecule has 5 heteroatoms. The van der Waals surface area contributed by atoms with Crippen molar-refractivity contribution in [3.8, 4) is 0 Å². The first-order chi connectivity index (χ1) is 10.5. The van der Waals surface area contributed by atoms with E-state index in [1.165, 1.54) is 30.2 Å². The van der Waals surface area contributed by atoms with Crippen LogP contribution in [0, 0.1) is 19.8 Å². The molecule has 1 amide bonds. The molecule has 0 unspecified atom stereocenters. The van der Waals surface area contributed by atoms with E-state index in [2.05, 4.69) is 11.4 Å². The fraction of sp³-hybridized carbons (Fsp3) is 0.529. The monoisotopic (exact) mass is 321 g/mol. The van der Waals surface area contributed by atoms with Crippen molar-refractivity contribution < 1.29 is 14.3 Å². The number of hydrogen-bond acceptors (Lipinski definition) is 4. The highest BCUT2D eigenvalue weighted by Gasteiger charge is 2.28. The van der Waals surface area contributed by atoms with E-state index < -0.39 is 0 Å². The summed E-state index contributed by atoms with van der Waals surface area (Å²) in [5.74, 6) is 0.234. The summed E-state index contributed by atoms with van der Waals surface area (Å²) in [5, 5.41) is 2.86. The molecule has 0 aliphatic heterocycles. The maximum atomic E-state index is 11.7. The maximum Gasteiger partial charge on any atom is 0.316 e. The molecule has 22 heavy (non-hydrogen) atoms. The summed E-state index contributed by atoms with van der Waals surface area (Å²) in [6, 6.07) is 6.29. The first-order valence-electron chi connectivity index (χ1n) is 7.60. The molecule has 1 aromatic carbocycles. The van der Waals surface area contributed by atoms with E-state index in [1.807, 2.05) is 32.9 Å². The standard InChI is InChI=1S/C17H23NO3S/c1-11-4-7-15(12(2)8-11)22-10-17(20)21-9-16(19)18-13(3)14-5-6-14/h4,7-8,13-14H,5-6,9-10H2,1-3H3,(H,18,19)/t13-/m1/s1. The van der Waals surface area contributed by atoms with Crippen LogP contribution in [0.2, 0.25) is 0 Å². The van der Waals surface area contributed by atoms with E-state index in [0.29, 0.717) is 5.92 Å². The van der Waals surface area contributed by atoms with Crippen LogP contribution in [0.5, 0.6) is 0 Å². The van der Waals surface area contributed by atoms with Crippen LogP contribution in [0.1, 0.15) is 30.9 Å². The number of ether oxygens (including phenoxy) is 1. The van der Waals surface area contributed by atoms with Gasteiger partial charge in [0.25, 0.3) is 5.91 Å². The van der Waals surface area contributed by atoms with Gasteiger partial charge in [0.1, 0.15) is 0 Å². The van der Waals surface area contributed by atoms with Gasteiger partial charge in [-0.2, -0.15) is 0 Å². The van der Waals surface area contributed by atoms with Crippen LogP contribution < -0.4 is 5.32 Å². The van der Waals surface area contributed by atoms with Gasteiger partial charge >= 0.3 is 5.97 Å². The van der Waals surface area contributed by atoms with Gasteiger partial charge < -0.3 is 10.1 Å². The maximum absolute atomic E-state index is 11.7. The number of hydrogen-bond donors (Lipinski definition) is 1. The van der Waals surface area contributed by atoms with Crippen LogP contribution in [0.25, 0.3) is 0 Å². The minimum atomic E-state index is -0.362. The first-order valence-corrected chi connectivity index (χ1v) is 8.59. The first kappa shape index (κ1) is 16.9. The fourth-order valence-electron chi connectivity index (χ4n) is 2.30. The third kappa shape index (κ3) is 5.37. The van der Waals surface area contributed by atoms with Crippen molar-refractivity contribution in [1.29, 1.82) is 0 Å². The Balaban J connectivity index is 1.67. The van der Waals surface area contributed by atoms with E-state index in [-0.39, 0.29) is 30.3 Å². The van der Waals surface area contributed by atoms with Crippen molar-refractivity contribution in [2.45, 2.75) is 44.6 Å². The van der Waals surface area contributed by atoms with Crippen LogP contribution in [0.3, 0.4) is 0 Å². The van der Waals surface area contributed by atoms with Crippen LogP contribution in [-0.2, 0) is 14.3 Å². The molecular weight excluding hydrogens is 298 g/mol. The summed E-state index contributed by atoms with van der Waals surface area (Å²) < 4.78 is 5.02. The number of thioether (sulfide) groups is 1. The quantitative estimate of drug-likeness (QED) is 0.620. The smallest absolute Gasteiger partial charge is 0.316 e. The van der Waals surface area contributed by atoms with E-state index in [9.17, 15) is 9.59 Å². The number of carbonyl (C=O) groups is 2. The Morgan fingerprint density at radius 1 is 1.36 bits per heavy atom. The Morgan fingerprint density at radius 2 is 2.09 bits per heavy atom. The van der Waals surface area contributed by atoms with Gasteiger partial charge in [-0.25, -0.2) is 0 Å². The molecule has 1 aliphatic rings. The lowest BCUT2D eigenvalue weighted by Crippen LogP contribution is -2.37. The second-order valence-electron chi connectivity index (χ2n) is 5.91. The number of esters is 1. The Kier molecular flexibility index (Phi) is 5.89. The van der Waals surface area contributed by atoms with E-state index in [4.69, 9.17) is 4.74 Å². The minimum Gasteiger partial charge on any atom is -0.455 e. The summed E-state index contributed by atoms with van der Waals surface area (Å²) >= 11 is 1.44. The Hall–Kier alpha value is -1.49. The van der Waals surface area contributed by atoms with Gasteiger partial charge in [-0.15, -0.1) is 11.8 Å². The largest absolute Gasteiger partial charge is 0.455 e. The molecule has 0 bridgehead atoms. The third-order valence-corrected chi connectivity index (χ3v) is 4.91. The van der Waals surface area contributed by atoms with Gasteiger partial charge in [-0.3, -0.25) is 9.59 Å². The lowest BCUT2D eigenvalue weighted by Gasteiger charge is -2.12. The number of amides is 1. The summed E-state index contributed by atoms with van der Waals surface area (Å²) in [5.41, 5.74) is 2.35. The highest BCUT2D eigenvalue weighted by atomic mass is 32.2. The van der Waals surface area contributed by atoms with Crippen molar-refractivity contribution in [2.24, 2.45) is 5.92 Å². The molecule has 0 aromatic heterocycles. The number of nitrogens with one attached hydrogen (secondary N) is 1. The molecule has 0 radical (unpaired) electrons. The van der Waals surface area contributed by atoms with Crippen molar-refractivity contribution in [2.75, 3.05) is 12.4 Å².